The average Bonchev–Trinajstić information content (AvgIpc) is 2.77. The maximum absolute atomic E-state index is 9.80. The summed E-state index contributed by atoms with van der Waals surface area (Å²) in [5, 5.41) is 14.5. The van der Waals surface area contributed by atoms with E-state index in [9.17, 15) is 5.26 Å². The molecule has 1 aliphatic carbocycles. The zero-order chi connectivity index (χ0) is 15.7. The van der Waals surface area contributed by atoms with Crippen molar-refractivity contribution in [2.45, 2.75) is 72.8 Å². The molecule has 3 nitrogen and oxygen atoms in total. The van der Waals surface area contributed by atoms with Gasteiger partial charge in [-0.3, -0.25) is 4.68 Å². The van der Waals surface area contributed by atoms with Crippen LogP contribution in [-0.4, -0.2) is 9.78 Å². The summed E-state index contributed by atoms with van der Waals surface area (Å²) >= 11 is 3.71. The summed E-state index contributed by atoms with van der Waals surface area (Å²) in [6.45, 7) is 9.73. The maximum atomic E-state index is 9.80. The molecule has 21 heavy (non-hydrogen) atoms. The quantitative estimate of drug-likeness (QED) is 0.775. The third-order valence-corrected chi connectivity index (χ3v) is 5.91. The van der Waals surface area contributed by atoms with E-state index in [-0.39, 0.29) is 5.41 Å². The zero-order valence-corrected chi connectivity index (χ0v) is 15.3. The molecule has 1 aromatic heterocycles. The van der Waals surface area contributed by atoms with Gasteiger partial charge in [-0.25, -0.2) is 0 Å². The molecule has 0 saturated heterocycles. The van der Waals surface area contributed by atoms with Crippen LogP contribution >= 0.6 is 15.9 Å². The average molecular weight is 352 g/mol. The fourth-order valence-corrected chi connectivity index (χ4v) is 3.94. The second-order valence-corrected chi connectivity index (χ2v) is 7.90. The van der Waals surface area contributed by atoms with Gasteiger partial charge in [0.2, 0.25) is 0 Å². The van der Waals surface area contributed by atoms with E-state index in [1.165, 1.54) is 5.69 Å². The molecule has 1 heterocycles. The fraction of sp³-hybridized carbons (Fsp3) is 0.765. The number of aryl methyl sites for hydroxylation is 2. The molecule has 1 fully saturated rings. The highest BCUT2D eigenvalue weighted by atomic mass is 79.9. The predicted molar refractivity (Wildman–Crippen MR) is 89.0 cm³/mol. The van der Waals surface area contributed by atoms with Crippen molar-refractivity contribution in [3.05, 3.63) is 15.9 Å². The number of nitriles is 1. The van der Waals surface area contributed by atoms with Gasteiger partial charge in [0.15, 0.2) is 0 Å². The molecule has 1 aliphatic rings. The molecule has 116 valence electrons. The number of aromatic nitrogens is 2. The van der Waals surface area contributed by atoms with Gasteiger partial charge in [0.25, 0.3) is 0 Å². The minimum absolute atomic E-state index is 0.212. The lowest BCUT2D eigenvalue weighted by Crippen LogP contribution is -2.32. The molecule has 0 radical (unpaired) electrons. The molecule has 2 rings (SSSR count). The van der Waals surface area contributed by atoms with Gasteiger partial charge < -0.3 is 0 Å². The van der Waals surface area contributed by atoms with E-state index in [0.717, 1.165) is 55.2 Å². The smallest absolute Gasteiger partial charge is 0.0766 e. The van der Waals surface area contributed by atoms with Crippen LogP contribution in [0.3, 0.4) is 0 Å². The molecule has 4 heteroatoms. The van der Waals surface area contributed by atoms with E-state index in [1.807, 2.05) is 0 Å². The molecule has 1 saturated carbocycles. The van der Waals surface area contributed by atoms with Gasteiger partial charge in [-0.1, -0.05) is 20.8 Å². The standard InChI is InChI=1S/C17H26BrN3/c1-5-13-15(18)14(21(6-2)20-13)11-17(12-19)9-7-16(3,4)8-10-17/h5-11H2,1-4H3. The maximum Gasteiger partial charge on any atom is 0.0766 e. The molecule has 0 aliphatic heterocycles. The second-order valence-electron chi connectivity index (χ2n) is 7.11. The van der Waals surface area contributed by atoms with Crippen molar-refractivity contribution >= 4 is 15.9 Å². The van der Waals surface area contributed by atoms with Crippen LogP contribution < -0.4 is 0 Å². The van der Waals surface area contributed by atoms with Crippen molar-refractivity contribution in [2.75, 3.05) is 0 Å². The van der Waals surface area contributed by atoms with Gasteiger partial charge in [-0.05, 0) is 60.4 Å². The van der Waals surface area contributed by atoms with Crippen LogP contribution in [-0.2, 0) is 19.4 Å². The molecule has 0 aromatic carbocycles. The van der Waals surface area contributed by atoms with Crippen LogP contribution in [0, 0.1) is 22.2 Å². The van der Waals surface area contributed by atoms with E-state index in [0.29, 0.717) is 5.41 Å². The van der Waals surface area contributed by atoms with Crippen molar-refractivity contribution in [2.24, 2.45) is 10.8 Å². The summed E-state index contributed by atoms with van der Waals surface area (Å²) in [6.07, 6.45) is 6.02. The van der Waals surface area contributed by atoms with Crippen LogP contribution in [0.25, 0.3) is 0 Å². The second kappa shape index (κ2) is 6.12. The summed E-state index contributed by atoms with van der Waals surface area (Å²) < 4.78 is 3.19. The third kappa shape index (κ3) is 3.34. The third-order valence-electron chi connectivity index (χ3n) is 5.00. The van der Waals surface area contributed by atoms with Gasteiger partial charge in [0.05, 0.1) is 27.3 Å². The van der Waals surface area contributed by atoms with E-state index in [4.69, 9.17) is 0 Å². The number of hydrogen-bond donors (Lipinski definition) is 0. The Balaban J connectivity index is 2.28. The summed E-state index contributed by atoms with van der Waals surface area (Å²) in [5.41, 5.74) is 2.49. The van der Waals surface area contributed by atoms with Gasteiger partial charge in [0, 0.05) is 13.0 Å². The molecule has 0 atom stereocenters. The highest BCUT2D eigenvalue weighted by molar-refractivity contribution is 9.10. The van der Waals surface area contributed by atoms with Gasteiger partial charge in [0.1, 0.15) is 0 Å². The first-order valence-electron chi connectivity index (χ1n) is 8.02. The van der Waals surface area contributed by atoms with Crippen LogP contribution in [0.5, 0.6) is 0 Å². The SMILES string of the molecule is CCc1nn(CC)c(CC2(C#N)CCC(C)(C)CC2)c1Br. The molecule has 0 N–H and O–H groups in total. The van der Waals surface area contributed by atoms with Crippen LogP contribution in [0.15, 0.2) is 4.47 Å². The fourth-order valence-electron chi connectivity index (χ4n) is 3.24. The van der Waals surface area contributed by atoms with E-state index in [1.54, 1.807) is 0 Å². The van der Waals surface area contributed by atoms with Crippen LogP contribution in [0.1, 0.15) is 64.8 Å². The Morgan fingerprint density at radius 2 is 1.86 bits per heavy atom. The number of halogens is 1. The molecule has 0 spiro atoms. The topological polar surface area (TPSA) is 41.6 Å². The van der Waals surface area contributed by atoms with E-state index in [2.05, 4.69) is 59.5 Å². The summed E-state index contributed by atoms with van der Waals surface area (Å²) in [4.78, 5) is 0. The van der Waals surface area contributed by atoms with Crippen molar-refractivity contribution in [3.63, 3.8) is 0 Å². The molecule has 0 bridgehead atoms. The zero-order valence-electron chi connectivity index (χ0n) is 13.7. The van der Waals surface area contributed by atoms with E-state index < -0.39 is 0 Å². The number of hydrogen-bond acceptors (Lipinski definition) is 2. The summed E-state index contributed by atoms with van der Waals surface area (Å²) in [6, 6.07) is 2.65. The van der Waals surface area contributed by atoms with E-state index >= 15 is 0 Å². The Morgan fingerprint density at radius 3 is 2.33 bits per heavy atom. The Bertz CT molecular complexity index is 541. The molecule has 0 unspecified atom stereocenters. The minimum atomic E-state index is -0.212. The molecular weight excluding hydrogens is 326 g/mol. The highest BCUT2D eigenvalue weighted by Gasteiger charge is 2.40. The number of nitrogens with zero attached hydrogens (tertiary/aromatic N) is 3. The van der Waals surface area contributed by atoms with Crippen molar-refractivity contribution < 1.29 is 0 Å². The minimum Gasteiger partial charge on any atom is -0.268 e. The molecule has 0 amide bonds. The first-order valence-corrected chi connectivity index (χ1v) is 8.81. The predicted octanol–water partition coefficient (Wildman–Crippen LogP) is 4.88. The monoisotopic (exact) mass is 351 g/mol. The lowest BCUT2D eigenvalue weighted by Gasteiger charge is -2.39. The molecule has 1 aromatic rings. The molecular formula is C17H26BrN3. The van der Waals surface area contributed by atoms with Gasteiger partial charge in [-0.2, -0.15) is 10.4 Å². The highest BCUT2D eigenvalue weighted by Crippen LogP contribution is 2.47. The van der Waals surface area contributed by atoms with Crippen molar-refractivity contribution in [1.29, 1.82) is 5.26 Å². The first-order chi connectivity index (χ1) is 9.86. The Morgan fingerprint density at radius 1 is 1.24 bits per heavy atom. The lowest BCUT2D eigenvalue weighted by atomic mass is 9.64. The van der Waals surface area contributed by atoms with Gasteiger partial charge in [-0.15, -0.1) is 0 Å². The van der Waals surface area contributed by atoms with Crippen molar-refractivity contribution in [1.82, 2.24) is 9.78 Å². The number of rotatable bonds is 4. The lowest BCUT2D eigenvalue weighted by molar-refractivity contribution is 0.144. The van der Waals surface area contributed by atoms with Gasteiger partial charge >= 0.3 is 0 Å². The van der Waals surface area contributed by atoms with Crippen LogP contribution in [0.2, 0.25) is 0 Å². The normalized spacial score (nSPS) is 20.2. The summed E-state index contributed by atoms with van der Waals surface area (Å²) in [5.74, 6) is 0. The van der Waals surface area contributed by atoms with Crippen LogP contribution in [0.4, 0.5) is 0 Å². The summed E-state index contributed by atoms with van der Waals surface area (Å²) in [7, 11) is 0. The Labute approximate surface area is 136 Å². The Kier molecular flexibility index (Phi) is 4.82. The first kappa shape index (κ1) is 16.5. The Hall–Kier alpha value is -0.820. The van der Waals surface area contributed by atoms with Crippen molar-refractivity contribution in [3.8, 4) is 6.07 Å². The largest absolute Gasteiger partial charge is 0.268 e.